The van der Waals surface area contributed by atoms with Crippen LogP contribution in [-0.2, 0) is 6.61 Å². The first-order valence-corrected chi connectivity index (χ1v) is 9.46. The molecule has 0 saturated heterocycles. The van der Waals surface area contributed by atoms with Crippen molar-refractivity contribution in [1.82, 2.24) is 0 Å². The summed E-state index contributed by atoms with van der Waals surface area (Å²) in [7, 11) is 0. The van der Waals surface area contributed by atoms with Gasteiger partial charge in [-0.15, -0.1) is 0 Å². The second kappa shape index (κ2) is 8.45. The molecule has 0 aromatic heterocycles. The Kier molecular flexibility index (Phi) is 6.05. The molecule has 0 spiro atoms. The van der Waals surface area contributed by atoms with E-state index in [2.05, 4.69) is 55.9 Å². The number of rotatable bonds is 5. The maximum Gasteiger partial charge on any atom is 0.128 e. The van der Waals surface area contributed by atoms with Crippen molar-refractivity contribution in [2.45, 2.75) is 13.5 Å². The molecule has 0 saturated carbocycles. The maximum atomic E-state index is 6.00. The monoisotopic (exact) mass is 457 g/mol. The highest BCUT2D eigenvalue weighted by molar-refractivity contribution is 9.10. The fourth-order valence-electron chi connectivity index (χ4n) is 2.27. The number of benzene rings is 3. The van der Waals surface area contributed by atoms with E-state index in [1.54, 1.807) is 0 Å². The number of nitrogens with zero attached hydrogens (tertiary/aromatic N) is 1. The third-order valence-corrected chi connectivity index (χ3v) is 4.69. The van der Waals surface area contributed by atoms with Crippen LogP contribution in [0.1, 0.15) is 16.7 Å². The van der Waals surface area contributed by atoms with E-state index in [4.69, 9.17) is 4.74 Å². The van der Waals surface area contributed by atoms with Gasteiger partial charge in [-0.25, -0.2) is 0 Å². The molecule has 2 nitrogen and oxygen atoms in total. The first kappa shape index (κ1) is 17.9. The van der Waals surface area contributed by atoms with E-state index in [0.717, 1.165) is 31.5 Å². The Labute approximate surface area is 164 Å². The van der Waals surface area contributed by atoms with Gasteiger partial charge in [0.15, 0.2) is 0 Å². The smallest absolute Gasteiger partial charge is 0.128 e. The fourth-order valence-corrected chi connectivity index (χ4v) is 2.91. The topological polar surface area (TPSA) is 21.6 Å². The number of hydrogen-bond acceptors (Lipinski definition) is 2. The van der Waals surface area contributed by atoms with Crippen molar-refractivity contribution in [1.29, 1.82) is 0 Å². The van der Waals surface area contributed by atoms with Crippen LogP contribution in [0.25, 0.3) is 0 Å². The van der Waals surface area contributed by atoms with Crippen molar-refractivity contribution < 1.29 is 4.74 Å². The van der Waals surface area contributed by atoms with Crippen LogP contribution >= 0.6 is 31.9 Å². The van der Waals surface area contributed by atoms with Crippen LogP contribution in [0.5, 0.6) is 5.75 Å². The van der Waals surface area contributed by atoms with E-state index in [0.29, 0.717) is 6.61 Å². The Morgan fingerprint density at radius 1 is 0.880 bits per heavy atom. The van der Waals surface area contributed by atoms with Gasteiger partial charge in [-0.1, -0.05) is 61.7 Å². The third-order valence-electron chi connectivity index (χ3n) is 3.67. The second-order valence-electron chi connectivity index (χ2n) is 5.69. The van der Waals surface area contributed by atoms with E-state index in [1.807, 2.05) is 60.8 Å². The van der Waals surface area contributed by atoms with Crippen LogP contribution in [-0.4, -0.2) is 6.21 Å². The highest BCUT2D eigenvalue weighted by Crippen LogP contribution is 2.24. The zero-order valence-corrected chi connectivity index (χ0v) is 16.9. The predicted molar refractivity (Wildman–Crippen MR) is 111 cm³/mol. The third kappa shape index (κ3) is 5.28. The maximum absolute atomic E-state index is 6.00. The summed E-state index contributed by atoms with van der Waals surface area (Å²) < 4.78 is 8.05. The highest BCUT2D eigenvalue weighted by atomic mass is 79.9. The van der Waals surface area contributed by atoms with Gasteiger partial charge < -0.3 is 4.74 Å². The van der Waals surface area contributed by atoms with E-state index in [-0.39, 0.29) is 0 Å². The van der Waals surface area contributed by atoms with E-state index >= 15 is 0 Å². The van der Waals surface area contributed by atoms with Crippen molar-refractivity contribution in [3.8, 4) is 5.75 Å². The van der Waals surface area contributed by atoms with Gasteiger partial charge in [0, 0.05) is 20.7 Å². The summed E-state index contributed by atoms with van der Waals surface area (Å²) in [5, 5.41) is 0. The van der Waals surface area contributed by atoms with E-state index < -0.39 is 0 Å². The molecular formula is C21H17Br2NO. The van der Waals surface area contributed by atoms with Crippen LogP contribution in [0, 0.1) is 6.92 Å². The van der Waals surface area contributed by atoms with Crippen molar-refractivity contribution in [3.63, 3.8) is 0 Å². The standard InChI is InChI=1S/C21H17Br2NO/c1-15-2-9-20(10-3-15)24-13-17-12-19(23)8-11-21(17)25-14-16-4-6-18(22)7-5-16/h2-13H,14H2,1H3. The van der Waals surface area contributed by atoms with Gasteiger partial charge in [0.05, 0.1) is 5.69 Å². The Morgan fingerprint density at radius 2 is 1.56 bits per heavy atom. The SMILES string of the molecule is Cc1ccc(N=Cc2cc(Br)ccc2OCc2ccc(Br)cc2)cc1. The fraction of sp³-hybridized carbons (Fsp3) is 0.0952. The second-order valence-corrected chi connectivity index (χ2v) is 7.52. The van der Waals surface area contributed by atoms with E-state index in [9.17, 15) is 0 Å². The normalized spacial score (nSPS) is 11.0. The number of aliphatic imine (C=N–C) groups is 1. The molecule has 3 rings (SSSR count). The van der Waals surface area contributed by atoms with Gasteiger partial charge in [-0.05, 0) is 55.0 Å². The zero-order valence-electron chi connectivity index (χ0n) is 13.7. The number of aryl methyl sites for hydroxylation is 1. The largest absolute Gasteiger partial charge is 0.488 e. The molecule has 0 radical (unpaired) electrons. The molecule has 0 atom stereocenters. The molecule has 0 aliphatic carbocycles. The molecule has 0 fully saturated rings. The Balaban J connectivity index is 1.77. The van der Waals surface area contributed by atoms with Gasteiger partial charge in [0.25, 0.3) is 0 Å². The van der Waals surface area contributed by atoms with Crippen molar-refractivity contribution in [2.24, 2.45) is 4.99 Å². The highest BCUT2D eigenvalue weighted by Gasteiger charge is 2.04. The number of halogens is 2. The molecule has 0 amide bonds. The lowest BCUT2D eigenvalue weighted by molar-refractivity contribution is 0.306. The summed E-state index contributed by atoms with van der Waals surface area (Å²) in [5.41, 5.74) is 4.20. The molecule has 4 heteroatoms. The molecule has 0 N–H and O–H groups in total. The molecule has 0 aliphatic rings. The molecule has 0 bridgehead atoms. The van der Waals surface area contributed by atoms with Gasteiger partial charge in [0.2, 0.25) is 0 Å². The average molecular weight is 459 g/mol. The first-order valence-electron chi connectivity index (χ1n) is 7.88. The lowest BCUT2D eigenvalue weighted by Crippen LogP contribution is -1.98. The lowest BCUT2D eigenvalue weighted by Gasteiger charge is -2.10. The minimum atomic E-state index is 0.514. The summed E-state index contributed by atoms with van der Waals surface area (Å²) in [4.78, 5) is 4.55. The van der Waals surface area contributed by atoms with Crippen LogP contribution in [0.2, 0.25) is 0 Å². The van der Waals surface area contributed by atoms with Gasteiger partial charge in [0.1, 0.15) is 12.4 Å². The average Bonchev–Trinajstić information content (AvgIpc) is 2.62. The summed E-state index contributed by atoms with van der Waals surface area (Å²) >= 11 is 6.96. The minimum absolute atomic E-state index is 0.514. The number of ether oxygens (including phenoxy) is 1. The summed E-state index contributed by atoms with van der Waals surface area (Å²) in [6.45, 7) is 2.58. The Hall–Kier alpha value is -1.91. The molecule has 25 heavy (non-hydrogen) atoms. The number of hydrogen-bond donors (Lipinski definition) is 0. The minimum Gasteiger partial charge on any atom is -0.488 e. The predicted octanol–water partition coefficient (Wildman–Crippen LogP) is 6.85. The van der Waals surface area contributed by atoms with Gasteiger partial charge in [-0.3, -0.25) is 4.99 Å². The van der Waals surface area contributed by atoms with Crippen LogP contribution in [0.15, 0.2) is 80.7 Å². The van der Waals surface area contributed by atoms with Crippen LogP contribution in [0.3, 0.4) is 0 Å². The zero-order chi connectivity index (χ0) is 17.6. The molecule has 0 unspecified atom stereocenters. The quantitative estimate of drug-likeness (QED) is 0.383. The molecule has 0 heterocycles. The Bertz CT molecular complexity index is 871. The summed E-state index contributed by atoms with van der Waals surface area (Å²) in [5.74, 6) is 0.807. The summed E-state index contributed by atoms with van der Waals surface area (Å²) in [6.07, 6.45) is 1.84. The first-order chi connectivity index (χ1) is 12.1. The van der Waals surface area contributed by atoms with E-state index in [1.165, 1.54) is 5.56 Å². The molecular weight excluding hydrogens is 442 g/mol. The molecule has 126 valence electrons. The molecule has 3 aromatic carbocycles. The van der Waals surface area contributed by atoms with Crippen molar-refractivity contribution in [2.75, 3.05) is 0 Å². The van der Waals surface area contributed by atoms with Gasteiger partial charge in [-0.2, -0.15) is 0 Å². The Morgan fingerprint density at radius 3 is 2.28 bits per heavy atom. The van der Waals surface area contributed by atoms with Crippen LogP contribution < -0.4 is 4.74 Å². The molecule has 3 aromatic rings. The van der Waals surface area contributed by atoms with Crippen LogP contribution in [0.4, 0.5) is 5.69 Å². The van der Waals surface area contributed by atoms with Crippen molar-refractivity contribution >= 4 is 43.8 Å². The van der Waals surface area contributed by atoms with Gasteiger partial charge >= 0.3 is 0 Å². The van der Waals surface area contributed by atoms with Crippen molar-refractivity contribution in [3.05, 3.63) is 92.4 Å². The summed E-state index contributed by atoms with van der Waals surface area (Å²) in [6, 6.07) is 22.2. The lowest BCUT2D eigenvalue weighted by atomic mass is 10.2. The molecule has 0 aliphatic heterocycles.